The third-order valence-electron chi connectivity index (χ3n) is 2.71. The number of nitrogens with one attached hydrogen (secondary N) is 2. The average Bonchev–Trinajstić information content (AvgIpc) is 2.37. The molecule has 1 aromatic rings. The van der Waals surface area contributed by atoms with E-state index in [1.54, 1.807) is 0 Å². The molecule has 4 nitrogen and oxygen atoms in total. The molecule has 0 radical (unpaired) electrons. The van der Waals surface area contributed by atoms with Gasteiger partial charge in [-0.15, -0.1) is 0 Å². The lowest BCUT2D eigenvalue weighted by molar-refractivity contribution is -0.115. The molecule has 0 fully saturated rings. The van der Waals surface area contributed by atoms with Gasteiger partial charge in [0, 0.05) is 5.69 Å². The van der Waals surface area contributed by atoms with E-state index in [0.717, 1.165) is 17.8 Å². The van der Waals surface area contributed by atoms with Crippen LogP contribution in [0.5, 0.6) is 0 Å². The minimum Gasteiger partial charge on any atom is -0.325 e. The van der Waals surface area contributed by atoms with Crippen LogP contribution in [-0.2, 0) is 10.2 Å². The summed E-state index contributed by atoms with van der Waals surface area (Å²) in [6.45, 7) is 6.76. The number of likely N-dealkylation sites (N-methyl/N-ethyl adjacent to an activating group) is 1. The summed E-state index contributed by atoms with van der Waals surface area (Å²) in [5, 5.41) is 14.8. The van der Waals surface area contributed by atoms with E-state index in [0.29, 0.717) is 6.54 Å². The highest BCUT2D eigenvalue weighted by Gasteiger charge is 2.19. The summed E-state index contributed by atoms with van der Waals surface area (Å²) < 4.78 is 0. The molecule has 0 saturated heterocycles. The topological polar surface area (TPSA) is 64.9 Å². The van der Waals surface area contributed by atoms with Crippen LogP contribution in [0.2, 0.25) is 0 Å². The van der Waals surface area contributed by atoms with Crippen molar-refractivity contribution >= 4 is 11.6 Å². The van der Waals surface area contributed by atoms with E-state index in [-0.39, 0.29) is 5.91 Å². The zero-order valence-corrected chi connectivity index (χ0v) is 11.1. The third-order valence-corrected chi connectivity index (χ3v) is 2.71. The first-order chi connectivity index (χ1) is 8.49. The Morgan fingerprint density at radius 3 is 2.44 bits per heavy atom. The second kappa shape index (κ2) is 6.18. The summed E-state index contributed by atoms with van der Waals surface area (Å²) >= 11 is 0. The van der Waals surface area contributed by atoms with Crippen molar-refractivity contribution in [3.8, 4) is 6.07 Å². The van der Waals surface area contributed by atoms with E-state index >= 15 is 0 Å². The highest BCUT2D eigenvalue weighted by molar-refractivity contribution is 5.92. The molecular formula is C14H19N3O. The van der Waals surface area contributed by atoms with Gasteiger partial charge in [-0.2, -0.15) is 5.26 Å². The predicted octanol–water partition coefficient (Wildman–Crippen LogP) is 2.04. The SMILES string of the molecule is CCNCC(=O)Nc1ccc(C(C)(C)C#N)cc1. The molecule has 1 aromatic carbocycles. The lowest BCUT2D eigenvalue weighted by Gasteiger charge is -2.16. The van der Waals surface area contributed by atoms with E-state index in [1.165, 1.54) is 0 Å². The van der Waals surface area contributed by atoms with Crippen molar-refractivity contribution < 1.29 is 4.79 Å². The van der Waals surface area contributed by atoms with Gasteiger partial charge in [-0.05, 0) is 38.1 Å². The van der Waals surface area contributed by atoms with Crippen molar-refractivity contribution in [1.82, 2.24) is 5.32 Å². The number of nitriles is 1. The maximum atomic E-state index is 11.5. The average molecular weight is 245 g/mol. The number of benzene rings is 1. The molecule has 1 amide bonds. The monoisotopic (exact) mass is 245 g/mol. The van der Waals surface area contributed by atoms with Crippen LogP contribution in [0.15, 0.2) is 24.3 Å². The van der Waals surface area contributed by atoms with Crippen LogP contribution in [0.4, 0.5) is 5.69 Å². The Morgan fingerprint density at radius 2 is 1.94 bits per heavy atom. The van der Waals surface area contributed by atoms with E-state index in [9.17, 15) is 4.79 Å². The van der Waals surface area contributed by atoms with Gasteiger partial charge in [0.1, 0.15) is 0 Å². The molecule has 0 aliphatic carbocycles. The Bertz CT molecular complexity index is 443. The number of carbonyl (C=O) groups is 1. The van der Waals surface area contributed by atoms with Gasteiger partial charge in [-0.25, -0.2) is 0 Å². The number of hydrogen-bond donors (Lipinski definition) is 2. The maximum Gasteiger partial charge on any atom is 0.238 e. The largest absolute Gasteiger partial charge is 0.325 e. The van der Waals surface area contributed by atoms with Crippen LogP contribution in [0.1, 0.15) is 26.3 Å². The minimum absolute atomic E-state index is 0.0656. The lowest BCUT2D eigenvalue weighted by Crippen LogP contribution is -2.27. The molecule has 0 bridgehead atoms. The zero-order valence-electron chi connectivity index (χ0n) is 11.1. The van der Waals surface area contributed by atoms with Gasteiger partial charge in [-0.1, -0.05) is 19.1 Å². The molecule has 0 atom stereocenters. The Hall–Kier alpha value is -1.86. The first kappa shape index (κ1) is 14.2. The van der Waals surface area contributed by atoms with Crippen LogP contribution in [0, 0.1) is 11.3 Å². The van der Waals surface area contributed by atoms with Crippen LogP contribution in [-0.4, -0.2) is 19.0 Å². The van der Waals surface area contributed by atoms with Gasteiger partial charge in [-0.3, -0.25) is 4.79 Å². The Kier molecular flexibility index (Phi) is 4.87. The Labute approximate surface area is 108 Å². The van der Waals surface area contributed by atoms with Crippen molar-refractivity contribution in [2.24, 2.45) is 0 Å². The van der Waals surface area contributed by atoms with Gasteiger partial charge in [0.25, 0.3) is 0 Å². The van der Waals surface area contributed by atoms with Crippen molar-refractivity contribution in [2.45, 2.75) is 26.2 Å². The Morgan fingerprint density at radius 1 is 1.33 bits per heavy atom. The van der Waals surface area contributed by atoms with Crippen LogP contribution < -0.4 is 10.6 Å². The fourth-order valence-electron chi connectivity index (χ4n) is 1.48. The van der Waals surface area contributed by atoms with Crippen LogP contribution >= 0.6 is 0 Å². The highest BCUT2D eigenvalue weighted by atomic mass is 16.1. The van der Waals surface area contributed by atoms with Crippen molar-refractivity contribution in [3.63, 3.8) is 0 Å². The lowest BCUT2D eigenvalue weighted by atomic mass is 9.86. The van der Waals surface area contributed by atoms with E-state index in [1.807, 2.05) is 45.0 Å². The fourth-order valence-corrected chi connectivity index (χ4v) is 1.48. The van der Waals surface area contributed by atoms with Crippen LogP contribution in [0.3, 0.4) is 0 Å². The molecule has 2 N–H and O–H groups in total. The molecular weight excluding hydrogens is 226 g/mol. The number of anilines is 1. The van der Waals surface area contributed by atoms with E-state index in [4.69, 9.17) is 5.26 Å². The quantitative estimate of drug-likeness (QED) is 0.834. The summed E-state index contributed by atoms with van der Waals surface area (Å²) in [4.78, 5) is 11.5. The fraction of sp³-hybridized carbons (Fsp3) is 0.429. The molecule has 0 saturated carbocycles. The van der Waals surface area contributed by atoms with Gasteiger partial charge >= 0.3 is 0 Å². The minimum atomic E-state index is -0.508. The second-order valence-electron chi connectivity index (χ2n) is 4.64. The van der Waals surface area contributed by atoms with Crippen LogP contribution in [0.25, 0.3) is 0 Å². The molecule has 0 spiro atoms. The number of rotatable bonds is 5. The molecule has 0 aliphatic rings. The maximum absolute atomic E-state index is 11.5. The summed E-state index contributed by atoms with van der Waals surface area (Å²) in [6.07, 6.45) is 0. The van der Waals surface area contributed by atoms with E-state index < -0.39 is 5.41 Å². The molecule has 1 rings (SSSR count). The van der Waals surface area contributed by atoms with Gasteiger partial charge in [0.15, 0.2) is 0 Å². The number of hydrogen-bond acceptors (Lipinski definition) is 3. The predicted molar refractivity (Wildman–Crippen MR) is 72.3 cm³/mol. The molecule has 0 unspecified atom stereocenters. The van der Waals surface area contributed by atoms with Crippen molar-refractivity contribution in [2.75, 3.05) is 18.4 Å². The highest BCUT2D eigenvalue weighted by Crippen LogP contribution is 2.23. The molecule has 0 aromatic heterocycles. The third kappa shape index (κ3) is 3.86. The van der Waals surface area contributed by atoms with Gasteiger partial charge in [0.2, 0.25) is 5.91 Å². The first-order valence-corrected chi connectivity index (χ1v) is 6.02. The molecule has 96 valence electrons. The summed E-state index contributed by atoms with van der Waals surface area (Å²) in [5.74, 6) is -0.0656. The standard InChI is InChI=1S/C14H19N3O/c1-4-16-9-13(18)17-12-7-5-11(6-8-12)14(2,3)10-15/h5-8,16H,4,9H2,1-3H3,(H,17,18). The summed E-state index contributed by atoms with van der Waals surface area (Å²) in [6, 6.07) is 9.62. The van der Waals surface area contributed by atoms with Gasteiger partial charge in [0.05, 0.1) is 18.0 Å². The van der Waals surface area contributed by atoms with Crippen molar-refractivity contribution in [3.05, 3.63) is 29.8 Å². The number of amides is 1. The first-order valence-electron chi connectivity index (χ1n) is 6.02. The number of nitrogens with zero attached hydrogens (tertiary/aromatic N) is 1. The zero-order chi connectivity index (χ0) is 13.6. The smallest absolute Gasteiger partial charge is 0.238 e. The van der Waals surface area contributed by atoms with Gasteiger partial charge < -0.3 is 10.6 Å². The summed E-state index contributed by atoms with van der Waals surface area (Å²) in [7, 11) is 0. The normalized spacial score (nSPS) is 10.8. The molecule has 4 heteroatoms. The van der Waals surface area contributed by atoms with Crippen molar-refractivity contribution in [1.29, 1.82) is 5.26 Å². The molecule has 18 heavy (non-hydrogen) atoms. The number of carbonyl (C=O) groups excluding carboxylic acids is 1. The molecule has 0 aliphatic heterocycles. The van der Waals surface area contributed by atoms with E-state index in [2.05, 4.69) is 16.7 Å². The summed E-state index contributed by atoms with van der Waals surface area (Å²) in [5.41, 5.74) is 1.18. The molecule has 0 heterocycles. The Balaban J connectivity index is 2.67. The second-order valence-corrected chi connectivity index (χ2v) is 4.64.